The van der Waals surface area contributed by atoms with Crippen molar-refractivity contribution in [1.29, 1.82) is 0 Å². The highest BCUT2D eigenvalue weighted by Gasteiger charge is 2.28. The molecule has 0 aliphatic heterocycles. The fourth-order valence-corrected chi connectivity index (χ4v) is 1.18. The first kappa shape index (κ1) is 11.2. The average molecular weight is 169 g/mol. The summed E-state index contributed by atoms with van der Waals surface area (Å²) in [6.45, 7) is 13.9. The Morgan fingerprint density at radius 3 is 1.92 bits per heavy atom. The van der Waals surface area contributed by atoms with Gasteiger partial charge in [-0.05, 0) is 12.8 Å². The Balaban J connectivity index is 4.87. The predicted octanol–water partition coefficient (Wildman–Crippen LogP) is 3.07. The van der Waals surface area contributed by atoms with Gasteiger partial charge in [0.05, 0.1) is 5.71 Å². The van der Waals surface area contributed by atoms with Crippen molar-refractivity contribution >= 4 is 5.71 Å². The first-order valence-corrected chi connectivity index (χ1v) is 4.22. The molecule has 2 heteroatoms. The van der Waals surface area contributed by atoms with Crippen LogP contribution in [0.1, 0.15) is 34.6 Å². The molecule has 0 bridgehead atoms. The molecule has 0 spiro atoms. The van der Waals surface area contributed by atoms with Gasteiger partial charge in [0.1, 0.15) is 0 Å². The number of nitrogens with zero attached hydrogens (tertiary/aromatic N) is 1. The zero-order chi connectivity index (χ0) is 9.94. The van der Waals surface area contributed by atoms with Crippen molar-refractivity contribution in [3.63, 3.8) is 0 Å². The molecular weight excluding hydrogens is 150 g/mol. The third-order valence-corrected chi connectivity index (χ3v) is 2.36. The van der Waals surface area contributed by atoms with Crippen LogP contribution in [0.25, 0.3) is 0 Å². The fraction of sp³-hybridized carbons (Fsp3) is 0.700. The summed E-state index contributed by atoms with van der Waals surface area (Å²) in [5.41, 5.74) is 1.60. The maximum atomic E-state index is 8.83. The Bertz CT molecular complexity index is 202. The van der Waals surface area contributed by atoms with E-state index in [1.807, 2.05) is 34.6 Å². The smallest absolute Gasteiger partial charge is 0.0692 e. The molecule has 2 nitrogen and oxygen atoms in total. The molecule has 0 amide bonds. The second-order valence-corrected chi connectivity index (χ2v) is 4.05. The maximum absolute atomic E-state index is 8.83. The van der Waals surface area contributed by atoms with Crippen molar-refractivity contribution in [2.45, 2.75) is 34.6 Å². The Morgan fingerprint density at radius 1 is 1.42 bits per heavy atom. The highest BCUT2D eigenvalue weighted by Crippen LogP contribution is 2.29. The van der Waals surface area contributed by atoms with Crippen molar-refractivity contribution < 1.29 is 5.21 Å². The molecule has 0 saturated carbocycles. The SMILES string of the molecule is C=C(C)C(C)(C)C(=NO)C(C)C. The molecule has 0 aliphatic rings. The van der Waals surface area contributed by atoms with E-state index in [-0.39, 0.29) is 11.3 Å². The highest BCUT2D eigenvalue weighted by molar-refractivity contribution is 5.93. The van der Waals surface area contributed by atoms with Gasteiger partial charge >= 0.3 is 0 Å². The minimum Gasteiger partial charge on any atom is -0.411 e. The van der Waals surface area contributed by atoms with E-state index in [4.69, 9.17) is 5.21 Å². The Morgan fingerprint density at radius 2 is 1.83 bits per heavy atom. The van der Waals surface area contributed by atoms with Crippen LogP contribution >= 0.6 is 0 Å². The number of hydrogen-bond donors (Lipinski definition) is 1. The summed E-state index contributed by atoms with van der Waals surface area (Å²) in [6, 6.07) is 0. The average Bonchev–Trinajstić information content (AvgIpc) is 1.86. The molecule has 0 aliphatic carbocycles. The summed E-state index contributed by atoms with van der Waals surface area (Å²) in [5.74, 6) is 0.252. The number of oxime groups is 1. The lowest BCUT2D eigenvalue weighted by atomic mass is 9.77. The van der Waals surface area contributed by atoms with Crippen molar-refractivity contribution in [3.8, 4) is 0 Å². The van der Waals surface area contributed by atoms with Crippen LogP contribution in [-0.4, -0.2) is 10.9 Å². The van der Waals surface area contributed by atoms with Crippen molar-refractivity contribution in [3.05, 3.63) is 12.2 Å². The monoisotopic (exact) mass is 169 g/mol. The van der Waals surface area contributed by atoms with Crippen LogP contribution < -0.4 is 0 Å². The molecule has 0 atom stereocenters. The van der Waals surface area contributed by atoms with Gasteiger partial charge in [0.15, 0.2) is 0 Å². The Hall–Kier alpha value is -0.790. The van der Waals surface area contributed by atoms with Crippen LogP contribution in [0.4, 0.5) is 0 Å². The third-order valence-electron chi connectivity index (χ3n) is 2.36. The quantitative estimate of drug-likeness (QED) is 0.299. The van der Waals surface area contributed by atoms with Crippen LogP contribution in [0, 0.1) is 11.3 Å². The first-order valence-electron chi connectivity index (χ1n) is 4.22. The van der Waals surface area contributed by atoms with Crippen molar-refractivity contribution in [2.75, 3.05) is 0 Å². The lowest BCUT2D eigenvalue weighted by molar-refractivity contribution is 0.307. The van der Waals surface area contributed by atoms with Gasteiger partial charge in [-0.15, -0.1) is 0 Å². The van der Waals surface area contributed by atoms with Crippen molar-refractivity contribution in [2.24, 2.45) is 16.5 Å². The topological polar surface area (TPSA) is 32.6 Å². The van der Waals surface area contributed by atoms with E-state index in [0.29, 0.717) is 0 Å². The molecule has 0 fully saturated rings. The van der Waals surface area contributed by atoms with Crippen LogP contribution in [0.15, 0.2) is 17.3 Å². The maximum Gasteiger partial charge on any atom is 0.0692 e. The molecule has 0 rings (SSSR count). The standard InChI is InChI=1S/C10H19NO/c1-7(2)9(11-12)10(5,6)8(3)4/h7,12H,3H2,1-2,4-6H3. The van der Waals surface area contributed by atoms with Gasteiger partial charge in [-0.3, -0.25) is 0 Å². The van der Waals surface area contributed by atoms with E-state index >= 15 is 0 Å². The largest absolute Gasteiger partial charge is 0.411 e. The van der Waals surface area contributed by atoms with E-state index in [1.165, 1.54) is 0 Å². The normalized spacial score (nSPS) is 13.7. The molecule has 0 radical (unpaired) electrons. The van der Waals surface area contributed by atoms with Gasteiger partial charge in [0, 0.05) is 5.41 Å². The second kappa shape index (κ2) is 3.74. The minimum absolute atomic E-state index is 0.205. The molecule has 0 aromatic rings. The number of hydrogen-bond acceptors (Lipinski definition) is 2. The summed E-state index contributed by atoms with van der Waals surface area (Å²) in [7, 11) is 0. The van der Waals surface area contributed by atoms with E-state index in [1.54, 1.807) is 0 Å². The van der Waals surface area contributed by atoms with E-state index in [9.17, 15) is 0 Å². The van der Waals surface area contributed by atoms with E-state index in [2.05, 4.69) is 11.7 Å². The zero-order valence-electron chi connectivity index (χ0n) is 8.68. The van der Waals surface area contributed by atoms with Gasteiger partial charge in [-0.2, -0.15) is 0 Å². The Labute approximate surface area is 75.0 Å². The second-order valence-electron chi connectivity index (χ2n) is 4.05. The van der Waals surface area contributed by atoms with Gasteiger partial charge < -0.3 is 5.21 Å². The van der Waals surface area contributed by atoms with Crippen LogP contribution in [0.3, 0.4) is 0 Å². The minimum atomic E-state index is -0.205. The first-order chi connectivity index (χ1) is 5.34. The molecule has 0 aromatic heterocycles. The Kier molecular flexibility index (Phi) is 3.50. The van der Waals surface area contributed by atoms with Crippen LogP contribution in [0.2, 0.25) is 0 Å². The van der Waals surface area contributed by atoms with Crippen LogP contribution in [0.5, 0.6) is 0 Å². The molecule has 0 aromatic carbocycles. The summed E-state index contributed by atoms with van der Waals surface area (Å²) < 4.78 is 0. The van der Waals surface area contributed by atoms with E-state index in [0.717, 1.165) is 11.3 Å². The van der Waals surface area contributed by atoms with Gasteiger partial charge in [-0.25, -0.2) is 0 Å². The summed E-state index contributed by atoms with van der Waals surface area (Å²) in [6.07, 6.45) is 0. The predicted molar refractivity (Wildman–Crippen MR) is 52.7 cm³/mol. The molecule has 0 saturated heterocycles. The van der Waals surface area contributed by atoms with Gasteiger partial charge in [-0.1, -0.05) is 45.0 Å². The number of rotatable bonds is 3. The fourth-order valence-electron chi connectivity index (χ4n) is 1.18. The third kappa shape index (κ3) is 2.10. The van der Waals surface area contributed by atoms with Gasteiger partial charge in [0.2, 0.25) is 0 Å². The molecular formula is C10H19NO. The van der Waals surface area contributed by atoms with Crippen LogP contribution in [-0.2, 0) is 0 Å². The summed E-state index contributed by atoms with van der Waals surface area (Å²) >= 11 is 0. The summed E-state index contributed by atoms with van der Waals surface area (Å²) in [4.78, 5) is 0. The summed E-state index contributed by atoms with van der Waals surface area (Å²) in [5, 5.41) is 12.2. The highest BCUT2D eigenvalue weighted by atomic mass is 16.4. The zero-order valence-corrected chi connectivity index (χ0v) is 8.68. The van der Waals surface area contributed by atoms with E-state index < -0.39 is 0 Å². The molecule has 0 heterocycles. The molecule has 12 heavy (non-hydrogen) atoms. The lowest BCUT2D eigenvalue weighted by Crippen LogP contribution is -2.29. The number of allylic oxidation sites excluding steroid dienone is 1. The molecule has 1 N–H and O–H groups in total. The van der Waals surface area contributed by atoms with Gasteiger partial charge in [0.25, 0.3) is 0 Å². The lowest BCUT2D eigenvalue weighted by Gasteiger charge is -2.28. The van der Waals surface area contributed by atoms with Crippen molar-refractivity contribution in [1.82, 2.24) is 0 Å². The molecule has 70 valence electrons. The molecule has 0 unspecified atom stereocenters.